The van der Waals surface area contributed by atoms with Crippen molar-refractivity contribution in [3.63, 3.8) is 0 Å². The lowest BCUT2D eigenvalue weighted by Crippen LogP contribution is -2.62. The van der Waals surface area contributed by atoms with Crippen molar-refractivity contribution in [2.24, 2.45) is 0 Å². The maximum absolute atomic E-state index is 12.3. The van der Waals surface area contributed by atoms with Crippen molar-refractivity contribution < 1.29 is 9.59 Å². The van der Waals surface area contributed by atoms with E-state index in [1.54, 1.807) is 11.8 Å². The molecule has 2 amide bonds. The number of hydrogen-bond donors (Lipinski definition) is 1. The van der Waals surface area contributed by atoms with Crippen molar-refractivity contribution in [3.8, 4) is 0 Å². The second kappa shape index (κ2) is 7.25. The zero-order valence-corrected chi connectivity index (χ0v) is 12.8. The van der Waals surface area contributed by atoms with Gasteiger partial charge in [0.15, 0.2) is 0 Å². The predicted molar refractivity (Wildman–Crippen MR) is 82.8 cm³/mol. The number of aryl methyl sites for hydroxylation is 1. The van der Waals surface area contributed by atoms with Crippen LogP contribution < -0.4 is 5.32 Å². The average molecular weight is 288 g/mol. The van der Waals surface area contributed by atoms with E-state index in [-0.39, 0.29) is 17.9 Å². The molecule has 0 aliphatic carbocycles. The molecule has 1 saturated heterocycles. The largest absolute Gasteiger partial charge is 0.343 e. The molecule has 2 rings (SSSR count). The quantitative estimate of drug-likeness (QED) is 0.872. The third-order valence-corrected chi connectivity index (χ3v) is 3.96. The molecule has 2 unspecified atom stereocenters. The smallest absolute Gasteiger partial charge is 0.245 e. The topological polar surface area (TPSA) is 49.4 Å². The number of nitrogens with zero attached hydrogens (tertiary/aromatic N) is 1. The van der Waals surface area contributed by atoms with Crippen molar-refractivity contribution in [2.45, 2.75) is 51.6 Å². The fourth-order valence-corrected chi connectivity index (χ4v) is 2.84. The van der Waals surface area contributed by atoms with E-state index in [2.05, 4.69) is 17.4 Å². The number of rotatable bonds is 6. The average Bonchev–Trinajstić information content (AvgIpc) is 2.49. The second-order valence-electron chi connectivity index (χ2n) is 5.66. The van der Waals surface area contributed by atoms with E-state index < -0.39 is 6.04 Å². The maximum Gasteiger partial charge on any atom is 0.245 e. The van der Waals surface area contributed by atoms with Crippen molar-refractivity contribution in [1.29, 1.82) is 0 Å². The molecule has 1 aromatic rings. The van der Waals surface area contributed by atoms with Crippen molar-refractivity contribution in [2.75, 3.05) is 6.54 Å². The van der Waals surface area contributed by atoms with Crippen LogP contribution in [-0.4, -0.2) is 35.3 Å². The molecule has 4 nitrogen and oxygen atoms in total. The van der Waals surface area contributed by atoms with Crippen LogP contribution in [0, 0.1) is 0 Å². The minimum Gasteiger partial charge on any atom is -0.343 e. The van der Waals surface area contributed by atoms with Crippen LogP contribution in [0.25, 0.3) is 0 Å². The zero-order valence-electron chi connectivity index (χ0n) is 12.8. The van der Waals surface area contributed by atoms with Gasteiger partial charge in [0.05, 0.1) is 0 Å². The highest BCUT2D eigenvalue weighted by molar-refractivity contribution is 5.96. The van der Waals surface area contributed by atoms with E-state index in [0.29, 0.717) is 6.54 Å². The SMILES string of the molecule is CCCC1C(=O)NC(C)C(=O)N1CCCc1ccccc1. The second-order valence-corrected chi connectivity index (χ2v) is 5.66. The summed E-state index contributed by atoms with van der Waals surface area (Å²) in [6.45, 7) is 4.45. The first-order valence-electron chi connectivity index (χ1n) is 7.78. The Morgan fingerprint density at radius 2 is 1.90 bits per heavy atom. The molecule has 0 bridgehead atoms. The zero-order chi connectivity index (χ0) is 15.2. The highest BCUT2D eigenvalue weighted by Crippen LogP contribution is 2.16. The van der Waals surface area contributed by atoms with Gasteiger partial charge in [-0.2, -0.15) is 0 Å². The summed E-state index contributed by atoms with van der Waals surface area (Å²) in [7, 11) is 0. The molecule has 1 aliphatic heterocycles. The molecule has 1 N–H and O–H groups in total. The van der Waals surface area contributed by atoms with E-state index in [1.807, 2.05) is 25.1 Å². The molecule has 1 aromatic carbocycles. The molecule has 0 radical (unpaired) electrons. The predicted octanol–water partition coefficient (Wildman–Crippen LogP) is 2.13. The lowest BCUT2D eigenvalue weighted by Gasteiger charge is -2.38. The van der Waals surface area contributed by atoms with Crippen molar-refractivity contribution >= 4 is 11.8 Å². The van der Waals surface area contributed by atoms with Gasteiger partial charge < -0.3 is 10.2 Å². The van der Waals surface area contributed by atoms with Gasteiger partial charge in [-0.05, 0) is 31.7 Å². The molecule has 1 fully saturated rings. The number of hydrogen-bond acceptors (Lipinski definition) is 2. The Hall–Kier alpha value is -1.84. The molecule has 1 heterocycles. The Kier molecular flexibility index (Phi) is 5.37. The van der Waals surface area contributed by atoms with E-state index in [1.165, 1.54) is 5.56 Å². The van der Waals surface area contributed by atoms with E-state index in [9.17, 15) is 9.59 Å². The standard InChI is InChI=1S/C17H24N2O2/c1-3-8-15-16(20)18-13(2)17(21)19(15)12-7-11-14-9-5-4-6-10-14/h4-6,9-10,13,15H,3,7-8,11-12H2,1-2H3,(H,18,20). The van der Waals surface area contributed by atoms with Gasteiger partial charge in [0.1, 0.15) is 12.1 Å². The summed E-state index contributed by atoms with van der Waals surface area (Å²) >= 11 is 0. The minimum absolute atomic E-state index is 0.0105. The summed E-state index contributed by atoms with van der Waals surface area (Å²) in [6.07, 6.45) is 3.44. The maximum atomic E-state index is 12.3. The molecular weight excluding hydrogens is 264 g/mol. The minimum atomic E-state index is -0.401. The Bertz CT molecular complexity index is 487. The molecular formula is C17H24N2O2. The number of benzene rings is 1. The van der Waals surface area contributed by atoms with Gasteiger partial charge in [-0.25, -0.2) is 0 Å². The first-order valence-corrected chi connectivity index (χ1v) is 7.78. The van der Waals surface area contributed by atoms with Crippen LogP contribution in [0.4, 0.5) is 0 Å². The molecule has 2 atom stereocenters. The molecule has 0 saturated carbocycles. The Balaban J connectivity index is 1.96. The van der Waals surface area contributed by atoms with Gasteiger partial charge >= 0.3 is 0 Å². The Morgan fingerprint density at radius 3 is 2.57 bits per heavy atom. The van der Waals surface area contributed by atoms with E-state index >= 15 is 0 Å². The van der Waals surface area contributed by atoms with E-state index in [4.69, 9.17) is 0 Å². The van der Waals surface area contributed by atoms with Gasteiger partial charge in [0, 0.05) is 6.54 Å². The monoisotopic (exact) mass is 288 g/mol. The van der Waals surface area contributed by atoms with Crippen LogP contribution in [0.5, 0.6) is 0 Å². The third kappa shape index (κ3) is 3.84. The fraction of sp³-hybridized carbons (Fsp3) is 0.529. The summed E-state index contributed by atoms with van der Waals surface area (Å²) in [4.78, 5) is 26.2. The Morgan fingerprint density at radius 1 is 1.19 bits per heavy atom. The van der Waals surface area contributed by atoms with E-state index in [0.717, 1.165) is 25.7 Å². The number of carbonyl (C=O) groups excluding carboxylic acids is 2. The first-order chi connectivity index (χ1) is 10.1. The molecule has 1 aliphatic rings. The van der Waals surface area contributed by atoms with Gasteiger partial charge in [-0.3, -0.25) is 9.59 Å². The van der Waals surface area contributed by atoms with Crippen LogP contribution in [0.1, 0.15) is 38.7 Å². The molecule has 21 heavy (non-hydrogen) atoms. The van der Waals surface area contributed by atoms with Crippen LogP contribution in [0.3, 0.4) is 0 Å². The van der Waals surface area contributed by atoms with Crippen LogP contribution >= 0.6 is 0 Å². The van der Waals surface area contributed by atoms with Crippen LogP contribution in [-0.2, 0) is 16.0 Å². The normalized spacial score (nSPS) is 22.3. The van der Waals surface area contributed by atoms with Gasteiger partial charge in [-0.1, -0.05) is 43.7 Å². The molecule has 0 aromatic heterocycles. The van der Waals surface area contributed by atoms with Crippen molar-refractivity contribution in [1.82, 2.24) is 10.2 Å². The summed E-state index contributed by atoms with van der Waals surface area (Å²) in [5.41, 5.74) is 1.27. The van der Waals surface area contributed by atoms with Gasteiger partial charge in [-0.15, -0.1) is 0 Å². The highest BCUT2D eigenvalue weighted by atomic mass is 16.2. The Labute approximate surface area is 126 Å². The highest BCUT2D eigenvalue weighted by Gasteiger charge is 2.37. The van der Waals surface area contributed by atoms with Gasteiger partial charge in [0.25, 0.3) is 0 Å². The number of nitrogens with one attached hydrogen (secondary N) is 1. The number of carbonyl (C=O) groups is 2. The van der Waals surface area contributed by atoms with Crippen LogP contribution in [0.15, 0.2) is 30.3 Å². The number of piperazine rings is 1. The molecule has 114 valence electrons. The van der Waals surface area contributed by atoms with Gasteiger partial charge in [0.2, 0.25) is 11.8 Å². The third-order valence-electron chi connectivity index (χ3n) is 3.96. The lowest BCUT2D eigenvalue weighted by molar-refractivity contribution is -0.149. The lowest BCUT2D eigenvalue weighted by atomic mass is 10.0. The molecule has 0 spiro atoms. The first kappa shape index (κ1) is 15.5. The van der Waals surface area contributed by atoms with Crippen LogP contribution in [0.2, 0.25) is 0 Å². The molecule has 4 heteroatoms. The van der Waals surface area contributed by atoms with Crippen molar-refractivity contribution in [3.05, 3.63) is 35.9 Å². The summed E-state index contributed by atoms with van der Waals surface area (Å²) in [6, 6.07) is 9.54. The summed E-state index contributed by atoms with van der Waals surface area (Å²) in [5, 5.41) is 2.77. The number of amides is 2. The summed E-state index contributed by atoms with van der Waals surface area (Å²) in [5.74, 6) is 0.0322. The fourth-order valence-electron chi connectivity index (χ4n) is 2.84. The summed E-state index contributed by atoms with van der Waals surface area (Å²) < 4.78 is 0.